The monoisotopic (exact) mass is 296 g/mol. The number of hydrogen-bond acceptors (Lipinski definition) is 8. The standard InChI is InChI=1S/C12H16N4O3S/c1-3-7(17)11-9(13)10(18-2)12(20-11)14-5-4-8-15-6-19-16-8/h6,14H,3-5,13H2,1-2H3. The fraction of sp³-hybridized carbons (Fsp3) is 0.417. The molecule has 20 heavy (non-hydrogen) atoms. The number of hydrogen-bond donors (Lipinski definition) is 2. The van der Waals surface area contributed by atoms with E-state index in [1.807, 2.05) is 0 Å². The van der Waals surface area contributed by atoms with Crippen LogP contribution in [0, 0.1) is 0 Å². The van der Waals surface area contributed by atoms with E-state index in [1.54, 1.807) is 6.92 Å². The molecule has 7 nitrogen and oxygen atoms in total. The number of aromatic nitrogens is 2. The number of carbonyl (C=O) groups excluding carboxylic acids is 1. The SMILES string of the molecule is CCC(=O)c1sc(NCCc2ncon2)c(OC)c1N. The molecule has 0 aliphatic rings. The van der Waals surface area contributed by atoms with E-state index in [4.69, 9.17) is 10.5 Å². The molecule has 0 aliphatic carbocycles. The molecular weight excluding hydrogens is 280 g/mol. The Morgan fingerprint density at radius 2 is 2.40 bits per heavy atom. The molecule has 108 valence electrons. The van der Waals surface area contributed by atoms with Crippen LogP contribution in [0.1, 0.15) is 28.8 Å². The summed E-state index contributed by atoms with van der Waals surface area (Å²) in [5, 5.41) is 7.64. The zero-order valence-electron chi connectivity index (χ0n) is 11.3. The summed E-state index contributed by atoms with van der Waals surface area (Å²) < 4.78 is 9.92. The molecule has 0 aliphatic heterocycles. The molecule has 0 bridgehead atoms. The number of nitrogen functional groups attached to an aromatic ring is 1. The minimum absolute atomic E-state index is 0.0111. The smallest absolute Gasteiger partial charge is 0.213 e. The molecule has 8 heteroatoms. The lowest BCUT2D eigenvalue weighted by Gasteiger charge is -2.05. The number of ketones is 1. The lowest BCUT2D eigenvalue weighted by atomic mass is 10.2. The van der Waals surface area contributed by atoms with Crippen molar-refractivity contribution in [3.63, 3.8) is 0 Å². The van der Waals surface area contributed by atoms with E-state index >= 15 is 0 Å². The van der Waals surface area contributed by atoms with Gasteiger partial charge < -0.3 is 20.3 Å². The van der Waals surface area contributed by atoms with Gasteiger partial charge in [-0.3, -0.25) is 4.79 Å². The van der Waals surface area contributed by atoms with Gasteiger partial charge in [0, 0.05) is 19.4 Å². The molecule has 0 aromatic carbocycles. The Hall–Kier alpha value is -2.09. The lowest BCUT2D eigenvalue weighted by Crippen LogP contribution is -2.05. The number of thiophene rings is 1. The summed E-state index contributed by atoms with van der Waals surface area (Å²) in [7, 11) is 1.53. The second-order valence-corrected chi connectivity index (χ2v) is 5.03. The highest BCUT2D eigenvalue weighted by molar-refractivity contribution is 7.19. The molecule has 2 aromatic heterocycles. The van der Waals surface area contributed by atoms with Crippen molar-refractivity contribution in [3.8, 4) is 5.75 Å². The molecule has 0 fully saturated rings. The summed E-state index contributed by atoms with van der Waals surface area (Å²) in [5.74, 6) is 1.14. The van der Waals surface area contributed by atoms with Gasteiger partial charge in [0.05, 0.1) is 17.7 Å². The Balaban J connectivity index is 2.08. The van der Waals surface area contributed by atoms with Crippen molar-refractivity contribution >= 4 is 27.8 Å². The summed E-state index contributed by atoms with van der Waals surface area (Å²) >= 11 is 1.31. The van der Waals surface area contributed by atoms with Gasteiger partial charge >= 0.3 is 0 Å². The van der Waals surface area contributed by atoms with Crippen molar-refractivity contribution in [2.24, 2.45) is 0 Å². The molecule has 0 atom stereocenters. The first-order chi connectivity index (χ1) is 9.67. The highest BCUT2D eigenvalue weighted by atomic mass is 32.1. The van der Waals surface area contributed by atoms with E-state index in [9.17, 15) is 4.79 Å². The first kappa shape index (κ1) is 14.3. The number of nitrogens with two attached hydrogens (primary N) is 1. The normalized spacial score (nSPS) is 10.5. The predicted octanol–water partition coefficient (Wildman–Crippen LogP) is 1.97. The maximum absolute atomic E-state index is 11.8. The average Bonchev–Trinajstić information content (AvgIpc) is 3.06. The molecule has 0 radical (unpaired) electrons. The first-order valence-corrected chi connectivity index (χ1v) is 6.97. The van der Waals surface area contributed by atoms with Crippen LogP contribution in [0.25, 0.3) is 0 Å². The quantitative estimate of drug-likeness (QED) is 0.753. The van der Waals surface area contributed by atoms with Crippen molar-refractivity contribution in [2.75, 3.05) is 24.7 Å². The van der Waals surface area contributed by atoms with Gasteiger partial charge in [0.2, 0.25) is 6.39 Å². The summed E-state index contributed by atoms with van der Waals surface area (Å²) in [6, 6.07) is 0. The summed E-state index contributed by atoms with van der Waals surface area (Å²) in [4.78, 5) is 16.3. The molecular formula is C12H16N4O3S. The van der Waals surface area contributed by atoms with Gasteiger partial charge in [-0.2, -0.15) is 4.98 Å². The first-order valence-electron chi connectivity index (χ1n) is 6.15. The minimum atomic E-state index is 0.0111. The lowest BCUT2D eigenvalue weighted by molar-refractivity contribution is 0.0992. The van der Waals surface area contributed by atoms with Crippen molar-refractivity contribution in [3.05, 3.63) is 17.1 Å². The summed E-state index contributed by atoms with van der Waals surface area (Å²) in [6.45, 7) is 2.40. The van der Waals surface area contributed by atoms with E-state index in [1.165, 1.54) is 24.8 Å². The van der Waals surface area contributed by atoms with Crippen LogP contribution in [0.2, 0.25) is 0 Å². The van der Waals surface area contributed by atoms with Gasteiger partial charge in [-0.15, -0.1) is 11.3 Å². The van der Waals surface area contributed by atoms with Gasteiger partial charge in [-0.25, -0.2) is 0 Å². The Morgan fingerprint density at radius 3 is 3.00 bits per heavy atom. The van der Waals surface area contributed by atoms with E-state index in [0.717, 1.165) is 5.00 Å². The summed E-state index contributed by atoms with van der Waals surface area (Å²) in [5.41, 5.74) is 6.34. The van der Waals surface area contributed by atoms with Gasteiger partial charge in [0.15, 0.2) is 17.4 Å². The maximum atomic E-state index is 11.8. The highest BCUT2D eigenvalue weighted by Crippen LogP contribution is 2.42. The van der Waals surface area contributed by atoms with E-state index < -0.39 is 0 Å². The average molecular weight is 296 g/mol. The van der Waals surface area contributed by atoms with E-state index in [0.29, 0.717) is 41.5 Å². The predicted molar refractivity (Wildman–Crippen MR) is 76.4 cm³/mol. The molecule has 0 saturated heterocycles. The third-order valence-corrected chi connectivity index (χ3v) is 3.90. The van der Waals surface area contributed by atoms with Crippen molar-refractivity contribution in [1.29, 1.82) is 0 Å². The number of methoxy groups -OCH3 is 1. The number of nitrogens with one attached hydrogen (secondary N) is 1. The van der Waals surface area contributed by atoms with Crippen LogP contribution in [-0.4, -0.2) is 29.6 Å². The Bertz CT molecular complexity index is 580. The van der Waals surface area contributed by atoms with Crippen LogP contribution in [0.5, 0.6) is 5.75 Å². The van der Waals surface area contributed by atoms with Gasteiger partial charge in [-0.1, -0.05) is 12.1 Å². The van der Waals surface area contributed by atoms with E-state index in [2.05, 4.69) is 20.0 Å². The van der Waals surface area contributed by atoms with Crippen molar-refractivity contribution in [1.82, 2.24) is 10.1 Å². The number of nitrogens with zero attached hydrogens (tertiary/aromatic N) is 2. The van der Waals surface area contributed by atoms with Crippen LogP contribution in [0.15, 0.2) is 10.9 Å². The maximum Gasteiger partial charge on any atom is 0.213 e. The highest BCUT2D eigenvalue weighted by Gasteiger charge is 2.20. The van der Waals surface area contributed by atoms with Crippen molar-refractivity contribution in [2.45, 2.75) is 19.8 Å². The molecule has 0 saturated carbocycles. The van der Waals surface area contributed by atoms with Gasteiger partial charge in [0.1, 0.15) is 5.00 Å². The number of carbonyl (C=O) groups is 1. The number of rotatable bonds is 7. The third kappa shape index (κ3) is 2.90. The minimum Gasteiger partial charge on any atom is -0.492 e. The largest absolute Gasteiger partial charge is 0.492 e. The van der Waals surface area contributed by atoms with Crippen LogP contribution >= 0.6 is 11.3 Å². The molecule has 2 rings (SSSR count). The second-order valence-electron chi connectivity index (χ2n) is 4.01. The fourth-order valence-electron chi connectivity index (χ4n) is 1.71. The van der Waals surface area contributed by atoms with Crippen LogP contribution in [0.3, 0.4) is 0 Å². The van der Waals surface area contributed by atoms with Gasteiger partial charge in [-0.05, 0) is 0 Å². The van der Waals surface area contributed by atoms with Crippen LogP contribution in [0.4, 0.5) is 10.7 Å². The molecule has 0 spiro atoms. The Morgan fingerprint density at radius 1 is 1.60 bits per heavy atom. The Kier molecular flexibility index (Phi) is 4.57. The Labute approximate surface area is 120 Å². The number of ether oxygens (including phenoxy) is 1. The topological polar surface area (TPSA) is 103 Å². The van der Waals surface area contributed by atoms with E-state index in [-0.39, 0.29) is 5.78 Å². The van der Waals surface area contributed by atoms with Crippen LogP contribution < -0.4 is 15.8 Å². The fourth-order valence-corrected chi connectivity index (χ4v) is 2.83. The zero-order chi connectivity index (χ0) is 14.5. The number of Topliss-reactive ketones (excluding diaryl/α,β-unsaturated/α-hetero) is 1. The number of anilines is 2. The molecule has 2 heterocycles. The van der Waals surface area contributed by atoms with Crippen molar-refractivity contribution < 1.29 is 14.1 Å². The van der Waals surface area contributed by atoms with Crippen LogP contribution in [-0.2, 0) is 6.42 Å². The third-order valence-electron chi connectivity index (χ3n) is 2.72. The molecule has 0 unspecified atom stereocenters. The zero-order valence-corrected chi connectivity index (χ0v) is 12.1. The summed E-state index contributed by atoms with van der Waals surface area (Å²) in [6.07, 6.45) is 2.31. The molecule has 0 amide bonds. The van der Waals surface area contributed by atoms with Gasteiger partial charge in [0.25, 0.3) is 0 Å². The molecule has 2 aromatic rings. The second kappa shape index (κ2) is 6.38. The molecule has 3 N–H and O–H groups in total.